The number of epoxide rings is 1. The summed E-state index contributed by atoms with van der Waals surface area (Å²) in [5.41, 5.74) is 4.95. The molecule has 6 heterocycles. The van der Waals surface area contributed by atoms with Crippen LogP contribution in [0.5, 0.6) is 0 Å². The minimum absolute atomic E-state index is 0.00729. The molecular formula is C39H66N4O7. The molecule has 0 bridgehead atoms. The number of unbranched alkanes of at least 4 members (excludes halogenated alkanes) is 2. The third kappa shape index (κ3) is 7.59. The van der Waals surface area contributed by atoms with Crippen LogP contribution in [0.15, 0.2) is 0 Å². The molecule has 0 amide bonds. The van der Waals surface area contributed by atoms with Crippen LogP contribution in [-0.4, -0.2) is 96.1 Å². The quantitative estimate of drug-likeness (QED) is 0.136. The van der Waals surface area contributed by atoms with Gasteiger partial charge in [-0.15, -0.1) is 0 Å². The number of hydrogen-bond donors (Lipinski definition) is 5. The van der Waals surface area contributed by atoms with Crippen molar-refractivity contribution in [2.75, 3.05) is 13.1 Å². The molecule has 1 spiro atoms. The number of carbonyl (C=O) groups excluding carboxylic acids is 2. The third-order valence-corrected chi connectivity index (χ3v) is 13.7. The van der Waals surface area contributed by atoms with E-state index in [1.54, 1.807) is 0 Å². The minimum atomic E-state index is -0.901. The van der Waals surface area contributed by atoms with E-state index >= 15 is 0 Å². The summed E-state index contributed by atoms with van der Waals surface area (Å²) in [5.74, 6) is -0.0462. The lowest BCUT2D eigenvalue weighted by atomic mass is 9.62. The molecule has 6 saturated heterocycles. The number of fused-ring (bicyclic) bond motifs is 4. The van der Waals surface area contributed by atoms with Gasteiger partial charge in [0, 0.05) is 30.7 Å². The van der Waals surface area contributed by atoms with E-state index in [2.05, 4.69) is 22.9 Å². The van der Waals surface area contributed by atoms with E-state index in [1.807, 2.05) is 20.8 Å². The molecule has 0 radical (unpaired) electrons. The minimum Gasteiger partial charge on any atom is -0.457 e. The first-order chi connectivity index (χ1) is 24.0. The molecule has 0 aromatic rings. The second kappa shape index (κ2) is 15.3. The average Bonchev–Trinajstić information content (AvgIpc) is 3.77. The van der Waals surface area contributed by atoms with Gasteiger partial charge in [-0.3, -0.25) is 10.1 Å². The number of esters is 1. The number of ether oxygens (including phenoxy) is 4. The average molecular weight is 703 g/mol. The van der Waals surface area contributed by atoms with Gasteiger partial charge in [-0.2, -0.15) is 0 Å². The smallest absolute Gasteiger partial charge is 0.341 e. The predicted molar refractivity (Wildman–Crippen MR) is 189 cm³/mol. The molecule has 15 unspecified atom stereocenters. The largest absolute Gasteiger partial charge is 0.457 e. The van der Waals surface area contributed by atoms with Crippen LogP contribution in [0.1, 0.15) is 124 Å². The van der Waals surface area contributed by atoms with Crippen molar-refractivity contribution in [3.05, 3.63) is 0 Å². The van der Waals surface area contributed by atoms with Gasteiger partial charge in [0.05, 0.1) is 48.8 Å². The fraction of sp³-hybridized carbons (Fsp3) is 0.949. The molecule has 6 aliphatic heterocycles. The van der Waals surface area contributed by atoms with Crippen molar-refractivity contribution in [2.45, 2.75) is 190 Å². The number of ketones is 1. The van der Waals surface area contributed by atoms with Crippen LogP contribution in [0.4, 0.5) is 0 Å². The number of carbonyl (C=O) groups is 2. The van der Waals surface area contributed by atoms with E-state index < -0.39 is 29.3 Å². The number of aliphatic hydroxyl groups excluding tert-OH is 1. The Labute approximate surface area is 299 Å². The van der Waals surface area contributed by atoms with Crippen molar-refractivity contribution >= 4 is 11.8 Å². The standard InChI is InChI=1S/C39H66N4O7/c1-5-6-9-15-41-32-20-24(13-16-42-32)26-18-23(19-31(40)43-26)11-12-30-39(50-30)14-8-7-10-25-33-29(49-38(3,4)36(25)48-37(39)46)21-28-34(35(33)45)27(44)17-22(2)47-28/h22-26,28-36,41-43,45H,5-21,40H2,1-4H3. The molecule has 6 N–H and O–H groups in total. The number of piperidine rings is 2. The third-order valence-electron chi connectivity index (χ3n) is 13.7. The topological polar surface area (TPSA) is 157 Å². The summed E-state index contributed by atoms with van der Waals surface area (Å²) in [6.45, 7) is 10.3. The number of nitrogens with two attached hydrogens (primary N) is 1. The van der Waals surface area contributed by atoms with Crippen molar-refractivity contribution < 1.29 is 33.6 Å². The molecule has 11 nitrogen and oxygen atoms in total. The predicted octanol–water partition coefficient (Wildman–Crippen LogP) is 3.69. The molecule has 7 aliphatic rings. The molecule has 284 valence electrons. The fourth-order valence-corrected chi connectivity index (χ4v) is 11.2. The molecule has 0 aromatic heterocycles. The van der Waals surface area contributed by atoms with Crippen LogP contribution in [0, 0.1) is 29.6 Å². The van der Waals surface area contributed by atoms with E-state index in [4.69, 9.17) is 24.7 Å². The molecule has 0 aromatic carbocycles. The summed E-state index contributed by atoms with van der Waals surface area (Å²) in [4.78, 5) is 27.3. The number of aliphatic hydroxyl groups is 1. The Kier molecular flexibility index (Phi) is 11.4. The van der Waals surface area contributed by atoms with Gasteiger partial charge in [-0.25, -0.2) is 4.79 Å². The maximum atomic E-state index is 14.1. The Balaban J connectivity index is 0.964. The van der Waals surface area contributed by atoms with E-state index in [9.17, 15) is 14.7 Å². The highest BCUT2D eigenvalue weighted by Gasteiger charge is 2.66. The number of hydrogen-bond acceptors (Lipinski definition) is 11. The Morgan fingerprint density at radius 1 is 1.02 bits per heavy atom. The SMILES string of the molecule is CCCCCNC1CC(C2CC(CCC3OC34CCCCC3C5C(CC6OC(C)CC(=O)C6C5O)OC(C)(C)C3OC4=O)CC(N)N2)CCN1. The van der Waals surface area contributed by atoms with Crippen molar-refractivity contribution in [1.29, 1.82) is 0 Å². The van der Waals surface area contributed by atoms with Crippen molar-refractivity contribution in [1.82, 2.24) is 16.0 Å². The second-order valence-corrected chi connectivity index (χ2v) is 17.7. The van der Waals surface area contributed by atoms with Crippen molar-refractivity contribution in [3.8, 4) is 0 Å². The lowest BCUT2D eigenvalue weighted by Gasteiger charge is -2.57. The number of nitrogens with one attached hydrogen (secondary N) is 3. The van der Waals surface area contributed by atoms with Gasteiger partial charge in [0.2, 0.25) is 0 Å². The van der Waals surface area contributed by atoms with Crippen molar-refractivity contribution in [3.63, 3.8) is 0 Å². The van der Waals surface area contributed by atoms with Crippen LogP contribution in [0.3, 0.4) is 0 Å². The van der Waals surface area contributed by atoms with Gasteiger partial charge in [-0.05, 0) is 110 Å². The van der Waals surface area contributed by atoms with E-state index in [0.717, 1.165) is 70.9 Å². The van der Waals surface area contributed by atoms with Crippen LogP contribution >= 0.6 is 0 Å². The van der Waals surface area contributed by atoms with Crippen LogP contribution in [-0.2, 0) is 28.5 Å². The Hall–Kier alpha value is -1.18. The normalized spacial score (nSPS) is 47.6. The maximum absolute atomic E-state index is 14.1. The van der Waals surface area contributed by atoms with Crippen molar-refractivity contribution in [2.24, 2.45) is 35.3 Å². The highest BCUT2D eigenvalue weighted by Crippen LogP contribution is 2.53. The molecule has 15 atom stereocenters. The molecule has 11 heteroatoms. The summed E-state index contributed by atoms with van der Waals surface area (Å²) < 4.78 is 25.7. The van der Waals surface area contributed by atoms with Crippen LogP contribution < -0.4 is 21.7 Å². The highest BCUT2D eigenvalue weighted by atomic mass is 16.7. The zero-order valence-corrected chi connectivity index (χ0v) is 31.1. The maximum Gasteiger partial charge on any atom is 0.341 e. The number of Topliss-reactive ketones (excluding diaryl/α,β-unsaturated/α-hetero) is 1. The summed E-state index contributed by atoms with van der Waals surface area (Å²) in [7, 11) is 0. The lowest BCUT2D eigenvalue weighted by Crippen LogP contribution is -2.66. The number of rotatable bonds is 9. The van der Waals surface area contributed by atoms with Gasteiger partial charge in [-0.1, -0.05) is 26.2 Å². The van der Waals surface area contributed by atoms with Gasteiger partial charge >= 0.3 is 5.97 Å². The molecule has 7 rings (SSSR count). The summed E-state index contributed by atoms with van der Waals surface area (Å²) in [6.07, 6.45) is 12.1. The second-order valence-electron chi connectivity index (χ2n) is 17.7. The summed E-state index contributed by atoms with van der Waals surface area (Å²) in [6, 6.07) is 0.410. The Morgan fingerprint density at radius 3 is 2.68 bits per heavy atom. The zero-order chi connectivity index (χ0) is 35.2. The highest BCUT2D eigenvalue weighted by molar-refractivity contribution is 5.84. The van der Waals surface area contributed by atoms with Gasteiger partial charge < -0.3 is 40.4 Å². The van der Waals surface area contributed by atoms with E-state index in [-0.39, 0.29) is 54.2 Å². The van der Waals surface area contributed by atoms with E-state index in [1.165, 1.54) is 19.3 Å². The first kappa shape index (κ1) is 37.1. The first-order valence-electron chi connectivity index (χ1n) is 20.4. The monoisotopic (exact) mass is 702 g/mol. The van der Waals surface area contributed by atoms with Gasteiger partial charge in [0.1, 0.15) is 17.5 Å². The zero-order valence-electron chi connectivity index (χ0n) is 31.1. The Bertz CT molecular complexity index is 1200. The lowest BCUT2D eigenvalue weighted by molar-refractivity contribution is -0.278. The van der Waals surface area contributed by atoms with Crippen LogP contribution in [0.2, 0.25) is 0 Å². The molecule has 50 heavy (non-hydrogen) atoms. The summed E-state index contributed by atoms with van der Waals surface area (Å²) >= 11 is 0. The first-order valence-corrected chi connectivity index (χ1v) is 20.4. The molecular weight excluding hydrogens is 636 g/mol. The van der Waals surface area contributed by atoms with Gasteiger partial charge in [0.15, 0.2) is 5.60 Å². The Morgan fingerprint density at radius 2 is 1.86 bits per heavy atom. The summed E-state index contributed by atoms with van der Waals surface area (Å²) in [5, 5.41) is 22.9. The van der Waals surface area contributed by atoms with Gasteiger partial charge in [0.25, 0.3) is 0 Å². The van der Waals surface area contributed by atoms with Crippen LogP contribution in [0.25, 0.3) is 0 Å². The fourth-order valence-electron chi connectivity index (χ4n) is 11.2. The molecule has 1 aliphatic carbocycles. The molecule has 7 fully saturated rings. The van der Waals surface area contributed by atoms with E-state index in [0.29, 0.717) is 43.3 Å². The molecule has 1 saturated carbocycles.